The molecule has 1 aliphatic heterocycles. The lowest BCUT2D eigenvalue weighted by Crippen LogP contribution is -2.62. The highest BCUT2D eigenvalue weighted by atomic mass is 16.2. The number of carbonyl (C=O) groups excluding carboxylic acids is 2. The van der Waals surface area contributed by atoms with E-state index in [0.29, 0.717) is 19.6 Å². The molecule has 3 N–H and O–H groups in total. The Bertz CT molecular complexity index is 263. The molecule has 0 spiro atoms. The van der Waals surface area contributed by atoms with Crippen molar-refractivity contribution in [1.29, 1.82) is 0 Å². The van der Waals surface area contributed by atoms with Crippen molar-refractivity contribution in [3.63, 3.8) is 0 Å². The van der Waals surface area contributed by atoms with Gasteiger partial charge in [0.25, 0.3) is 0 Å². The van der Waals surface area contributed by atoms with Crippen molar-refractivity contribution in [1.82, 2.24) is 10.2 Å². The number of β-lactam (4-membered cyclic amide) rings is 1. The number of nitrogens with two attached hydrogens (primary N) is 1. The van der Waals surface area contributed by atoms with Crippen LogP contribution in [0.3, 0.4) is 0 Å². The van der Waals surface area contributed by atoms with Crippen LogP contribution in [0, 0.1) is 5.92 Å². The molecule has 1 atom stereocenters. The van der Waals surface area contributed by atoms with Crippen molar-refractivity contribution < 1.29 is 9.59 Å². The molecule has 5 nitrogen and oxygen atoms in total. The van der Waals surface area contributed by atoms with E-state index in [1.54, 1.807) is 4.90 Å². The van der Waals surface area contributed by atoms with Gasteiger partial charge in [0.15, 0.2) is 0 Å². The molecular formula is C9H15N3O2. The number of rotatable bonds is 4. The fourth-order valence-electron chi connectivity index (χ4n) is 1.53. The molecule has 0 aromatic rings. The van der Waals surface area contributed by atoms with Crippen LogP contribution >= 0.6 is 0 Å². The molecule has 2 rings (SSSR count). The molecule has 0 radical (unpaired) electrons. The SMILES string of the molecule is NC1CN(CCNC(=O)C2CC2)C1=O. The molecule has 0 bridgehead atoms. The third-order valence-corrected chi connectivity index (χ3v) is 2.68. The second-order valence-corrected chi connectivity index (χ2v) is 3.96. The van der Waals surface area contributed by atoms with Crippen molar-refractivity contribution in [2.75, 3.05) is 19.6 Å². The van der Waals surface area contributed by atoms with Gasteiger partial charge in [0, 0.05) is 25.6 Å². The summed E-state index contributed by atoms with van der Waals surface area (Å²) in [5, 5.41) is 2.81. The summed E-state index contributed by atoms with van der Waals surface area (Å²) in [6, 6.07) is -0.311. The predicted molar refractivity (Wildman–Crippen MR) is 50.3 cm³/mol. The summed E-state index contributed by atoms with van der Waals surface area (Å²) >= 11 is 0. The van der Waals surface area contributed by atoms with E-state index < -0.39 is 0 Å². The summed E-state index contributed by atoms with van der Waals surface area (Å²) in [7, 11) is 0. The summed E-state index contributed by atoms with van der Waals surface area (Å²) in [6.07, 6.45) is 2.03. The smallest absolute Gasteiger partial charge is 0.241 e. The van der Waals surface area contributed by atoms with Crippen molar-refractivity contribution in [3.8, 4) is 0 Å². The average Bonchev–Trinajstić information content (AvgIpc) is 2.99. The molecule has 1 saturated heterocycles. The molecule has 14 heavy (non-hydrogen) atoms. The van der Waals surface area contributed by atoms with Gasteiger partial charge in [0.2, 0.25) is 11.8 Å². The number of amides is 2. The molecular weight excluding hydrogens is 182 g/mol. The van der Waals surface area contributed by atoms with E-state index in [1.165, 1.54) is 0 Å². The van der Waals surface area contributed by atoms with Crippen LogP contribution < -0.4 is 11.1 Å². The first-order valence-electron chi connectivity index (χ1n) is 5.00. The Labute approximate surface area is 82.6 Å². The maximum atomic E-state index is 11.2. The van der Waals surface area contributed by atoms with E-state index in [-0.39, 0.29) is 23.8 Å². The standard InChI is InChI=1S/C9H15N3O2/c10-7-5-12(9(7)14)4-3-11-8(13)6-1-2-6/h6-7H,1-5,10H2,(H,11,13). The molecule has 5 heteroatoms. The number of nitrogens with zero attached hydrogens (tertiary/aromatic N) is 1. The lowest BCUT2D eigenvalue weighted by atomic mass is 10.1. The lowest BCUT2D eigenvalue weighted by molar-refractivity contribution is -0.142. The average molecular weight is 197 g/mol. The summed E-state index contributed by atoms with van der Waals surface area (Å²) in [4.78, 5) is 23.9. The van der Waals surface area contributed by atoms with E-state index in [2.05, 4.69) is 5.32 Å². The Morgan fingerprint density at radius 3 is 2.79 bits per heavy atom. The number of nitrogens with one attached hydrogen (secondary N) is 1. The predicted octanol–water partition coefficient (Wildman–Crippen LogP) is -1.32. The summed E-state index contributed by atoms with van der Waals surface area (Å²) < 4.78 is 0. The van der Waals surface area contributed by atoms with E-state index in [9.17, 15) is 9.59 Å². The van der Waals surface area contributed by atoms with Crippen LogP contribution in [0.5, 0.6) is 0 Å². The number of hydrogen-bond donors (Lipinski definition) is 2. The Morgan fingerprint density at radius 2 is 2.29 bits per heavy atom. The van der Waals surface area contributed by atoms with Gasteiger partial charge in [-0.2, -0.15) is 0 Å². The van der Waals surface area contributed by atoms with E-state index in [1.807, 2.05) is 0 Å². The van der Waals surface area contributed by atoms with Gasteiger partial charge in [-0.05, 0) is 12.8 Å². The van der Waals surface area contributed by atoms with Crippen LogP contribution in [-0.4, -0.2) is 42.4 Å². The minimum Gasteiger partial charge on any atom is -0.354 e. The van der Waals surface area contributed by atoms with Crippen LogP contribution in [0.4, 0.5) is 0 Å². The van der Waals surface area contributed by atoms with Crippen molar-refractivity contribution in [2.24, 2.45) is 11.7 Å². The summed E-state index contributed by atoms with van der Waals surface area (Å²) in [5.74, 6) is 0.359. The maximum absolute atomic E-state index is 11.2. The number of carbonyl (C=O) groups is 2. The highest BCUT2D eigenvalue weighted by Gasteiger charge is 2.33. The van der Waals surface area contributed by atoms with Crippen LogP contribution in [0.25, 0.3) is 0 Å². The van der Waals surface area contributed by atoms with Crippen LogP contribution in [0.15, 0.2) is 0 Å². The molecule has 1 unspecified atom stereocenters. The van der Waals surface area contributed by atoms with E-state index >= 15 is 0 Å². The van der Waals surface area contributed by atoms with Gasteiger partial charge in [-0.3, -0.25) is 9.59 Å². The second kappa shape index (κ2) is 3.57. The van der Waals surface area contributed by atoms with Crippen molar-refractivity contribution >= 4 is 11.8 Å². The van der Waals surface area contributed by atoms with Gasteiger partial charge < -0.3 is 16.0 Å². The summed E-state index contributed by atoms with van der Waals surface area (Å²) in [5.41, 5.74) is 5.42. The topological polar surface area (TPSA) is 75.4 Å². The molecule has 78 valence electrons. The monoisotopic (exact) mass is 197 g/mol. The highest BCUT2D eigenvalue weighted by Crippen LogP contribution is 2.28. The minimum absolute atomic E-state index is 0.00864. The second-order valence-electron chi connectivity index (χ2n) is 3.96. The van der Waals surface area contributed by atoms with Gasteiger partial charge >= 0.3 is 0 Å². The molecule has 0 aromatic heterocycles. The van der Waals surface area contributed by atoms with Crippen LogP contribution in [-0.2, 0) is 9.59 Å². The molecule has 1 aliphatic carbocycles. The molecule has 2 aliphatic rings. The van der Waals surface area contributed by atoms with Gasteiger partial charge in [-0.15, -0.1) is 0 Å². The minimum atomic E-state index is -0.311. The molecule has 1 heterocycles. The van der Waals surface area contributed by atoms with Gasteiger partial charge in [0.1, 0.15) is 6.04 Å². The maximum Gasteiger partial charge on any atom is 0.241 e. The fourth-order valence-corrected chi connectivity index (χ4v) is 1.53. The first-order chi connectivity index (χ1) is 6.68. The lowest BCUT2D eigenvalue weighted by Gasteiger charge is -2.36. The van der Waals surface area contributed by atoms with Gasteiger partial charge in [0.05, 0.1) is 0 Å². The summed E-state index contributed by atoms with van der Waals surface area (Å²) in [6.45, 7) is 1.76. The first-order valence-corrected chi connectivity index (χ1v) is 5.00. The molecule has 0 aromatic carbocycles. The molecule has 2 fully saturated rings. The number of hydrogen-bond acceptors (Lipinski definition) is 3. The molecule has 2 amide bonds. The zero-order valence-electron chi connectivity index (χ0n) is 8.03. The molecule has 1 saturated carbocycles. The quantitative estimate of drug-likeness (QED) is 0.549. The van der Waals surface area contributed by atoms with Gasteiger partial charge in [-0.25, -0.2) is 0 Å². The normalized spacial score (nSPS) is 25.9. The largest absolute Gasteiger partial charge is 0.354 e. The zero-order valence-corrected chi connectivity index (χ0v) is 8.03. The van der Waals surface area contributed by atoms with Crippen molar-refractivity contribution in [3.05, 3.63) is 0 Å². The van der Waals surface area contributed by atoms with Crippen LogP contribution in [0.2, 0.25) is 0 Å². The fraction of sp³-hybridized carbons (Fsp3) is 0.778. The zero-order chi connectivity index (χ0) is 10.1. The van der Waals surface area contributed by atoms with Crippen molar-refractivity contribution in [2.45, 2.75) is 18.9 Å². The van der Waals surface area contributed by atoms with E-state index in [4.69, 9.17) is 5.73 Å². The Hall–Kier alpha value is -1.10. The third kappa shape index (κ3) is 1.87. The highest BCUT2D eigenvalue weighted by molar-refractivity contribution is 5.87. The van der Waals surface area contributed by atoms with E-state index in [0.717, 1.165) is 12.8 Å². The van der Waals surface area contributed by atoms with Gasteiger partial charge in [-0.1, -0.05) is 0 Å². The Balaban J connectivity index is 1.59. The Morgan fingerprint density at radius 1 is 1.57 bits per heavy atom. The van der Waals surface area contributed by atoms with Crippen LogP contribution in [0.1, 0.15) is 12.8 Å². The number of likely N-dealkylation sites (tertiary alicyclic amines) is 1. The third-order valence-electron chi connectivity index (χ3n) is 2.68. The first kappa shape index (κ1) is 9.45. The Kier molecular flexibility index (Phi) is 2.41.